The number of aliphatic hydroxyl groups is 1. The molecule has 0 aliphatic rings. The lowest BCUT2D eigenvalue weighted by molar-refractivity contribution is 0.300. The molecule has 0 spiro atoms. The van der Waals surface area contributed by atoms with E-state index in [9.17, 15) is 0 Å². The number of nitrogens with one attached hydrogen (secondary N) is 1. The Balaban J connectivity index is 3.95. The predicted molar refractivity (Wildman–Crippen MR) is 65.9 cm³/mol. The highest BCUT2D eigenvalue weighted by molar-refractivity contribution is 7.99. The van der Waals surface area contributed by atoms with Gasteiger partial charge in [0.15, 0.2) is 0 Å². The van der Waals surface area contributed by atoms with E-state index in [1.54, 1.807) is 11.8 Å². The number of nitrogens with zero attached hydrogens (tertiary/aromatic N) is 1. The molecule has 0 saturated heterocycles. The van der Waals surface area contributed by atoms with Crippen LogP contribution in [-0.2, 0) is 0 Å². The standard InChI is InChI=1S/C11H22N2OS/c1-9(2)13-11(4,8-12)5-6-15-10(3)7-14/h9-10,13-14H,5-7H2,1-4H3. The molecule has 0 aliphatic carbocycles. The lowest BCUT2D eigenvalue weighted by Gasteiger charge is -2.26. The van der Waals surface area contributed by atoms with Crippen LogP contribution in [0.25, 0.3) is 0 Å². The third-order valence-electron chi connectivity index (χ3n) is 2.12. The van der Waals surface area contributed by atoms with Gasteiger partial charge in [0.05, 0.1) is 12.7 Å². The summed E-state index contributed by atoms with van der Waals surface area (Å²) in [6.45, 7) is 8.20. The van der Waals surface area contributed by atoms with Gasteiger partial charge in [0, 0.05) is 11.3 Å². The number of hydrogen-bond donors (Lipinski definition) is 2. The number of hydrogen-bond acceptors (Lipinski definition) is 4. The molecule has 0 aromatic heterocycles. The second-order valence-corrected chi connectivity index (χ2v) is 5.90. The topological polar surface area (TPSA) is 56.0 Å². The summed E-state index contributed by atoms with van der Waals surface area (Å²) in [5, 5.41) is 21.5. The van der Waals surface area contributed by atoms with Crippen LogP contribution in [0.3, 0.4) is 0 Å². The highest BCUT2D eigenvalue weighted by atomic mass is 32.2. The van der Waals surface area contributed by atoms with Gasteiger partial charge in [-0.1, -0.05) is 6.92 Å². The molecular weight excluding hydrogens is 208 g/mol. The van der Waals surface area contributed by atoms with E-state index >= 15 is 0 Å². The maximum atomic E-state index is 9.09. The van der Waals surface area contributed by atoms with Crippen molar-refractivity contribution >= 4 is 11.8 Å². The van der Waals surface area contributed by atoms with Crippen molar-refractivity contribution < 1.29 is 5.11 Å². The minimum absolute atomic E-state index is 0.200. The van der Waals surface area contributed by atoms with E-state index < -0.39 is 5.54 Å². The summed E-state index contributed by atoms with van der Waals surface area (Å²) in [6.07, 6.45) is 0.802. The first-order valence-corrected chi connectivity index (χ1v) is 6.40. The Bertz CT molecular complexity index is 215. The molecule has 3 nitrogen and oxygen atoms in total. The van der Waals surface area contributed by atoms with Crippen LogP contribution in [-0.4, -0.2) is 34.3 Å². The Morgan fingerprint density at radius 2 is 2.07 bits per heavy atom. The van der Waals surface area contributed by atoms with E-state index in [1.165, 1.54) is 0 Å². The third-order valence-corrected chi connectivity index (χ3v) is 3.27. The van der Waals surface area contributed by atoms with Crippen LogP contribution in [0.1, 0.15) is 34.1 Å². The van der Waals surface area contributed by atoms with Crippen molar-refractivity contribution in [2.24, 2.45) is 0 Å². The van der Waals surface area contributed by atoms with Crippen molar-refractivity contribution in [3.8, 4) is 6.07 Å². The first-order valence-electron chi connectivity index (χ1n) is 5.35. The molecule has 15 heavy (non-hydrogen) atoms. The fourth-order valence-corrected chi connectivity index (χ4v) is 2.35. The van der Waals surface area contributed by atoms with Crippen LogP contribution in [0.5, 0.6) is 0 Å². The zero-order valence-electron chi connectivity index (χ0n) is 10.1. The molecule has 2 N–H and O–H groups in total. The highest BCUT2D eigenvalue weighted by Gasteiger charge is 2.23. The van der Waals surface area contributed by atoms with Gasteiger partial charge in [-0.05, 0) is 32.9 Å². The summed E-state index contributed by atoms with van der Waals surface area (Å²) < 4.78 is 0. The third kappa shape index (κ3) is 6.77. The molecule has 2 unspecified atom stereocenters. The molecule has 4 heteroatoms. The Kier molecular flexibility index (Phi) is 6.99. The van der Waals surface area contributed by atoms with Crippen LogP contribution in [0.4, 0.5) is 0 Å². The van der Waals surface area contributed by atoms with Gasteiger partial charge in [0.25, 0.3) is 0 Å². The van der Waals surface area contributed by atoms with Gasteiger partial charge in [-0.2, -0.15) is 17.0 Å². The summed E-state index contributed by atoms with van der Waals surface area (Å²) >= 11 is 1.70. The molecule has 0 bridgehead atoms. The van der Waals surface area contributed by atoms with E-state index in [0.29, 0.717) is 6.04 Å². The Morgan fingerprint density at radius 1 is 1.47 bits per heavy atom. The maximum absolute atomic E-state index is 9.09. The minimum atomic E-state index is -0.448. The minimum Gasteiger partial charge on any atom is -0.395 e. The van der Waals surface area contributed by atoms with Gasteiger partial charge in [-0.15, -0.1) is 0 Å². The SMILES string of the molecule is CC(C)NC(C)(C#N)CCSC(C)CO. The van der Waals surface area contributed by atoms with Crippen molar-refractivity contribution in [3.63, 3.8) is 0 Å². The van der Waals surface area contributed by atoms with Crippen molar-refractivity contribution in [1.82, 2.24) is 5.32 Å². The number of nitriles is 1. The monoisotopic (exact) mass is 230 g/mol. The molecule has 0 radical (unpaired) electrons. The van der Waals surface area contributed by atoms with Crippen molar-refractivity contribution in [3.05, 3.63) is 0 Å². The second kappa shape index (κ2) is 7.10. The molecule has 0 saturated carbocycles. The summed E-state index contributed by atoms with van der Waals surface area (Å²) in [7, 11) is 0. The molecule has 88 valence electrons. The van der Waals surface area contributed by atoms with Crippen LogP contribution < -0.4 is 5.32 Å². The molecule has 0 aromatic rings. The maximum Gasteiger partial charge on any atom is 0.104 e. The van der Waals surface area contributed by atoms with Gasteiger partial charge >= 0.3 is 0 Å². The van der Waals surface area contributed by atoms with Gasteiger partial charge < -0.3 is 5.11 Å². The quantitative estimate of drug-likeness (QED) is 0.700. The van der Waals surface area contributed by atoms with Crippen LogP contribution in [0.2, 0.25) is 0 Å². The van der Waals surface area contributed by atoms with Gasteiger partial charge in [-0.25, -0.2) is 0 Å². The summed E-state index contributed by atoms with van der Waals surface area (Å²) in [5.74, 6) is 0.894. The van der Waals surface area contributed by atoms with E-state index in [-0.39, 0.29) is 11.9 Å². The fourth-order valence-electron chi connectivity index (χ4n) is 1.31. The number of rotatable bonds is 7. The molecule has 0 rings (SSSR count). The zero-order chi connectivity index (χ0) is 11.9. The number of thioether (sulfide) groups is 1. The molecule has 0 aromatic carbocycles. The number of aliphatic hydroxyl groups excluding tert-OH is 1. The second-order valence-electron chi connectivity index (χ2n) is 4.36. The average Bonchev–Trinajstić information content (AvgIpc) is 2.16. The Labute approximate surface area is 97.2 Å². The molecule has 0 amide bonds. The summed E-state index contributed by atoms with van der Waals surface area (Å²) in [4.78, 5) is 0. The van der Waals surface area contributed by atoms with Crippen molar-refractivity contribution in [2.45, 2.75) is 50.9 Å². The Morgan fingerprint density at radius 3 is 2.47 bits per heavy atom. The lowest BCUT2D eigenvalue weighted by atomic mass is 10.0. The summed E-state index contributed by atoms with van der Waals surface area (Å²) in [5.41, 5.74) is -0.448. The normalized spacial score (nSPS) is 17.1. The summed E-state index contributed by atoms with van der Waals surface area (Å²) in [6, 6.07) is 2.63. The van der Waals surface area contributed by atoms with Crippen molar-refractivity contribution in [2.75, 3.05) is 12.4 Å². The van der Waals surface area contributed by atoms with E-state index in [1.807, 2.05) is 27.7 Å². The zero-order valence-corrected chi connectivity index (χ0v) is 10.9. The molecule has 0 fully saturated rings. The van der Waals surface area contributed by atoms with Crippen LogP contribution in [0, 0.1) is 11.3 Å². The predicted octanol–water partition coefficient (Wildman–Crippen LogP) is 1.77. The van der Waals surface area contributed by atoms with Gasteiger partial charge in [-0.3, -0.25) is 5.32 Å². The van der Waals surface area contributed by atoms with Crippen molar-refractivity contribution in [1.29, 1.82) is 5.26 Å². The van der Waals surface area contributed by atoms with Crippen LogP contribution in [0.15, 0.2) is 0 Å². The van der Waals surface area contributed by atoms with E-state index in [2.05, 4.69) is 11.4 Å². The largest absolute Gasteiger partial charge is 0.395 e. The molecular formula is C11H22N2OS. The Hall–Kier alpha value is -0.240. The smallest absolute Gasteiger partial charge is 0.104 e. The molecule has 0 heterocycles. The first kappa shape index (κ1) is 14.8. The van der Waals surface area contributed by atoms with E-state index in [0.717, 1.165) is 12.2 Å². The van der Waals surface area contributed by atoms with Crippen LogP contribution >= 0.6 is 11.8 Å². The van der Waals surface area contributed by atoms with E-state index in [4.69, 9.17) is 10.4 Å². The van der Waals surface area contributed by atoms with Gasteiger partial charge in [0.2, 0.25) is 0 Å². The average molecular weight is 230 g/mol. The highest BCUT2D eigenvalue weighted by Crippen LogP contribution is 2.17. The first-order chi connectivity index (χ1) is 6.93. The lowest BCUT2D eigenvalue weighted by Crippen LogP contribution is -2.45. The fraction of sp³-hybridized carbons (Fsp3) is 0.909. The molecule has 0 aliphatic heterocycles. The van der Waals surface area contributed by atoms with Gasteiger partial charge in [0.1, 0.15) is 5.54 Å². The molecule has 2 atom stereocenters.